The Bertz CT molecular complexity index is 1060. The SMILES string of the molecule is OCc1cccc(-c2cc(COCC3(c4ccccc4)CCNCC3)cc(C(F)(F)F)c2)c1. The molecule has 0 bridgehead atoms. The molecule has 0 unspecified atom stereocenters. The Morgan fingerprint density at radius 3 is 2.27 bits per heavy atom. The van der Waals surface area contributed by atoms with Gasteiger partial charge in [-0.25, -0.2) is 0 Å². The highest BCUT2D eigenvalue weighted by Gasteiger charge is 2.34. The largest absolute Gasteiger partial charge is 0.416 e. The molecular weight excluding hydrogens is 427 g/mol. The Morgan fingerprint density at radius 1 is 0.848 bits per heavy atom. The van der Waals surface area contributed by atoms with Crippen LogP contribution in [-0.2, 0) is 29.5 Å². The van der Waals surface area contributed by atoms with Crippen molar-refractivity contribution in [3.8, 4) is 11.1 Å². The van der Waals surface area contributed by atoms with Crippen molar-refractivity contribution in [1.29, 1.82) is 0 Å². The lowest BCUT2D eigenvalue weighted by molar-refractivity contribution is -0.137. The number of aliphatic hydroxyl groups is 1. The Labute approximate surface area is 192 Å². The number of hydrogen-bond donors (Lipinski definition) is 2. The summed E-state index contributed by atoms with van der Waals surface area (Å²) in [7, 11) is 0. The summed E-state index contributed by atoms with van der Waals surface area (Å²) >= 11 is 0. The third-order valence-electron chi connectivity index (χ3n) is 6.36. The van der Waals surface area contributed by atoms with Gasteiger partial charge in [-0.3, -0.25) is 0 Å². The molecule has 1 aliphatic rings. The maximum absolute atomic E-state index is 13.6. The number of hydrogen-bond acceptors (Lipinski definition) is 3. The van der Waals surface area contributed by atoms with Crippen LogP contribution in [0.15, 0.2) is 72.8 Å². The van der Waals surface area contributed by atoms with Gasteiger partial charge >= 0.3 is 6.18 Å². The van der Waals surface area contributed by atoms with E-state index in [1.165, 1.54) is 5.56 Å². The molecule has 3 aromatic rings. The number of alkyl halides is 3. The van der Waals surface area contributed by atoms with E-state index < -0.39 is 11.7 Å². The zero-order valence-electron chi connectivity index (χ0n) is 18.4. The van der Waals surface area contributed by atoms with E-state index in [-0.39, 0.29) is 18.6 Å². The van der Waals surface area contributed by atoms with Gasteiger partial charge in [-0.15, -0.1) is 0 Å². The first kappa shape index (κ1) is 23.5. The highest BCUT2D eigenvalue weighted by Crippen LogP contribution is 2.36. The number of ether oxygens (including phenoxy) is 1. The zero-order chi connectivity index (χ0) is 23.3. The van der Waals surface area contributed by atoms with Gasteiger partial charge in [-0.05, 0) is 78.0 Å². The molecule has 1 saturated heterocycles. The van der Waals surface area contributed by atoms with Gasteiger partial charge in [0.15, 0.2) is 0 Å². The first-order valence-electron chi connectivity index (χ1n) is 11.1. The van der Waals surface area contributed by atoms with Crippen molar-refractivity contribution < 1.29 is 23.0 Å². The minimum atomic E-state index is -4.46. The van der Waals surface area contributed by atoms with Gasteiger partial charge in [0.05, 0.1) is 25.4 Å². The number of halogens is 3. The molecule has 0 aliphatic carbocycles. The second kappa shape index (κ2) is 10.1. The lowest BCUT2D eigenvalue weighted by Crippen LogP contribution is -2.43. The second-order valence-electron chi connectivity index (χ2n) is 8.66. The number of aliphatic hydroxyl groups excluding tert-OH is 1. The molecule has 6 heteroatoms. The summed E-state index contributed by atoms with van der Waals surface area (Å²) < 4.78 is 46.9. The smallest absolute Gasteiger partial charge is 0.392 e. The Hall–Kier alpha value is -2.67. The molecule has 0 saturated carbocycles. The summed E-state index contributed by atoms with van der Waals surface area (Å²) in [5.41, 5.74) is 2.58. The summed E-state index contributed by atoms with van der Waals surface area (Å²) in [4.78, 5) is 0. The summed E-state index contributed by atoms with van der Waals surface area (Å²) in [5, 5.41) is 12.8. The van der Waals surface area contributed by atoms with Crippen molar-refractivity contribution in [3.05, 3.63) is 95.1 Å². The van der Waals surface area contributed by atoms with Crippen LogP contribution in [-0.4, -0.2) is 24.8 Å². The van der Waals surface area contributed by atoms with Crippen LogP contribution >= 0.6 is 0 Å². The van der Waals surface area contributed by atoms with Crippen molar-refractivity contribution in [2.45, 2.75) is 37.6 Å². The van der Waals surface area contributed by atoms with Crippen LogP contribution in [0.25, 0.3) is 11.1 Å². The molecule has 0 atom stereocenters. The van der Waals surface area contributed by atoms with E-state index in [1.807, 2.05) is 18.2 Å². The first-order valence-corrected chi connectivity index (χ1v) is 11.1. The molecule has 1 heterocycles. The fourth-order valence-electron chi connectivity index (χ4n) is 4.53. The molecule has 4 rings (SSSR count). The second-order valence-corrected chi connectivity index (χ2v) is 8.66. The summed E-state index contributed by atoms with van der Waals surface area (Å²) in [6.45, 7) is 2.14. The quantitative estimate of drug-likeness (QED) is 0.480. The van der Waals surface area contributed by atoms with Gasteiger partial charge in [0.1, 0.15) is 0 Å². The molecule has 0 radical (unpaired) electrons. The zero-order valence-corrected chi connectivity index (χ0v) is 18.4. The third-order valence-corrected chi connectivity index (χ3v) is 6.36. The summed E-state index contributed by atoms with van der Waals surface area (Å²) in [6.07, 6.45) is -2.63. The molecule has 2 N–H and O–H groups in total. The van der Waals surface area contributed by atoms with E-state index in [1.54, 1.807) is 30.3 Å². The van der Waals surface area contributed by atoms with Crippen molar-refractivity contribution in [2.24, 2.45) is 0 Å². The molecule has 3 aromatic carbocycles. The first-order chi connectivity index (χ1) is 15.9. The Morgan fingerprint density at radius 2 is 1.58 bits per heavy atom. The van der Waals surface area contributed by atoms with Crippen LogP contribution in [0.4, 0.5) is 13.2 Å². The summed E-state index contributed by atoms with van der Waals surface area (Å²) in [6, 6.07) is 21.2. The van der Waals surface area contributed by atoms with Crippen molar-refractivity contribution >= 4 is 0 Å². The average molecular weight is 456 g/mol. The molecule has 0 spiro atoms. The average Bonchev–Trinajstić information content (AvgIpc) is 2.84. The molecule has 0 amide bonds. The van der Waals surface area contributed by atoms with Crippen LogP contribution < -0.4 is 5.32 Å². The minimum Gasteiger partial charge on any atom is -0.392 e. The van der Waals surface area contributed by atoms with Gasteiger partial charge in [-0.1, -0.05) is 48.5 Å². The molecule has 0 aromatic heterocycles. The number of benzene rings is 3. The molecule has 33 heavy (non-hydrogen) atoms. The van der Waals surface area contributed by atoms with Crippen LogP contribution in [0.5, 0.6) is 0 Å². The topological polar surface area (TPSA) is 41.5 Å². The number of piperidine rings is 1. The molecule has 1 fully saturated rings. The van der Waals surface area contributed by atoms with Crippen LogP contribution in [0.2, 0.25) is 0 Å². The van der Waals surface area contributed by atoms with E-state index in [0.717, 1.165) is 38.1 Å². The van der Waals surface area contributed by atoms with E-state index >= 15 is 0 Å². The fourth-order valence-corrected chi connectivity index (χ4v) is 4.53. The number of rotatable bonds is 7. The predicted molar refractivity (Wildman–Crippen MR) is 123 cm³/mol. The standard InChI is InChI=1S/C27H28F3NO2/c28-27(29,30)25-15-21(14-23(16-25)22-6-4-5-20(13-22)17-32)18-33-19-26(9-11-31-12-10-26)24-7-2-1-3-8-24/h1-8,13-16,31-32H,9-12,17-19H2. The Balaban J connectivity index is 1.58. The van der Waals surface area contributed by atoms with E-state index in [0.29, 0.717) is 28.9 Å². The maximum atomic E-state index is 13.6. The third kappa shape index (κ3) is 5.64. The van der Waals surface area contributed by atoms with Gasteiger partial charge in [0.2, 0.25) is 0 Å². The monoisotopic (exact) mass is 455 g/mol. The van der Waals surface area contributed by atoms with Gasteiger partial charge < -0.3 is 15.2 Å². The van der Waals surface area contributed by atoms with Crippen molar-refractivity contribution in [1.82, 2.24) is 5.32 Å². The highest BCUT2D eigenvalue weighted by molar-refractivity contribution is 5.66. The van der Waals surface area contributed by atoms with E-state index in [2.05, 4.69) is 17.4 Å². The van der Waals surface area contributed by atoms with Gasteiger partial charge in [0, 0.05) is 5.41 Å². The highest BCUT2D eigenvalue weighted by atomic mass is 19.4. The van der Waals surface area contributed by atoms with Crippen molar-refractivity contribution in [2.75, 3.05) is 19.7 Å². The van der Waals surface area contributed by atoms with Gasteiger partial charge in [0.25, 0.3) is 0 Å². The molecule has 3 nitrogen and oxygen atoms in total. The van der Waals surface area contributed by atoms with E-state index in [9.17, 15) is 18.3 Å². The maximum Gasteiger partial charge on any atom is 0.416 e. The molecular formula is C27H28F3NO2. The summed E-state index contributed by atoms with van der Waals surface area (Å²) in [5.74, 6) is 0. The van der Waals surface area contributed by atoms with Crippen LogP contribution in [0.1, 0.15) is 35.1 Å². The van der Waals surface area contributed by atoms with Crippen molar-refractivity contribution in [3.63, 3.8) is 0 Å². The lowest BCUT2D eigenvalue weighted by atomic mass is 9.74. The Kier molecular flexibility index (Phi) is 7.17. The fraction of sp³-hybridized carbons (Fsp3) is 0.333. The molecule has 1 aliphatic heterocycles. The van der Waals surface area contributed by atoms with Gasteiger partial charge in [-0.2, -0.15) is 13.2 Å². The number of nitrogens with one attached hydrogen (secondary N) is 1. The van der Waals surface area contributed by atoms with E-state index in [4.69, 9.17) is 4.74 Å². The molecule has 174 valence electrons. The predicted octanol–water partition coefficient (Wildman–Crippen LogP) is 5.70. The minimum absolute atomic E-state index is 0.0959. The normalized spacial score (nSPS) is 16.0. The van der Waals surface area contributed by atoms with Crippen LogP contribution in [0.3, 0.4) is 0 Å². The lowest BCUT2D eigenvalue weighted by Gasteiger charge is -2.38. The van der Waals surface area contributed by atoms with Crippen LogP contribution in [0, 0.1) is 0 Å².